The topological polar surface area (TPSA) is 450 Å². The first kappa shape index (κ1) is 58.9. The smallest absolute Gasteiger partial charge is 0.305 e. The molecule has 1 aromatic carbocycles. The predicted octanol–water partition coefficient (Wildman–Crippen LogP) is -5.94. The van der Waals surface area contributed by atoms with E-state index < -0.39 is 139 Å². The standard InChI is InChI=1S/C42H62N14O14S2/c1-20-35(63)55-28(34(44)62)18-71-72-19-29(50-21(2)57)39(67)54-27(15-31(43)58)41(69)56-13-5-7-30(56)40(68)52-24(6-4-12-47-42(45)46)36(64)48-17-32(59)51-26(16-33(60)61)38(66)53-25(37(65)49-20)14-22-8-10-23(70-3)11-9-22/h8-11,20,24-30H,4-7,12-19H2,1-3H3,(H2,43,58)(H2,44,62)(H,48,64)(H,49,65)(H,50,57)(H,51,59)(H,52,68)(H,53,66)(H,54,67)(H,55,63)(H,60,61)(H4,45,46,47)/t20-,24+,25-,26+,27+,28-,29-,30-/m0/s1. The zero-order valence-electron chi connectivity index (χ0n) is 39.7. The summed E-state index contributed by atoms with van der Waals surface area (Å²) in [4.78, 5) is 164. The summed E-state index contributed by atoms with van der Waals surface area (Å²) in [6.07, 6.45) is -1.62. The lowest BCUT2D eigenvalue weighted by Gasteiger charge is -2.30. The van der Waals surface area contributed by atoms with Gasteiger partial charge in [-0.05, 0) is 50.3 Å². The number of carboxylic acid groups (broad SMARTS) is 1. The van der Waals surface area contributed by atoms with Crippen molar-refractivity contribution in [1.82, 2.24) is 47.4 Å². The number of hydrogen-bond donors (Lipinski definition) is 13. The van der Waals surface area contributed by atoms with Crippen molar-refractivity contribution in [3.8, 4) is 5.75 Å². The molecule has 2 aliphatic rings. The molecule has 396 valence electrons. The summed E-state index contributed by atoms with van der Waals surface area (Å²) in [6, 6.07) is -5.43. The summed E-state index contributed by atoms with van der Waals surface area (Å²) >= 11 is 0. The number of carbonyl (C=O) groups is 12. The number of ether oxygens (including phenoxy) is 1. The number of carbonyl (C=O) groups excluding carboxylic acids is 11. The molecular formula is C42H62N14O14S2. The molecule has 11 amide bonds. The Bertz CT molecular complexity index is 2220. The van der Waals surface area contributed by atoms with Gasteiger partial charge in [-0.3, -0.25) is 62.5 Å². The summed E-state index contributed by atoms with van der Waals surface area (Å²) in [5.41, 5.74) is 22.4. The first-order valence-corrected chi connectivity index (χ1v) is 24.9. The third-order valence-corrected chi connectivity index (χ3v) is 13.2. The van der Waals surface area contributed by atoms with E-state index in [0.717, 1.165) is 33.4 Å². The van der Waals surface area contributed by atoms with Crippen molar-refractivity contribution in [2.45, 2.75) is 107 Å². The molecule has 0 aliphatic carbocycles. The number of aliphatic carboxylic acids is 1. The zero-order chi connectivity index (χ0) is 53.7. The maximum absolute atomic E-state index is 14.1. The van der Waals surface area contributed by atoms with Crippen molar-refractivity contribution in [2.75, 3.05) is 38.2 Å². The van der Waals surface area contributed by atoms with E-state index in [2.05, 4.69) is 47.5 Å². The predicted molar refractivity (Wildman–Crippen MR) is 259 cm³/mol. The van der Waals surface area contributed by atoms with E-state index in [-0.39, 0.29) is 62.7 Å². The first-order valence-electron chi connectivity index (χ1n) is 22.4. The molecule has 2 aliphatic heterocycles. The summed E-state index contributed by atoms with van der Waals surface area (Å²) in [7, 11) is 3.33. The van der Waals surface area contributed by atoms with Crippen LogP contribution in [0.5, 0.6) is 5.75 Å². The van der Waals surface area contributed by atoms with Crippen LogP contribution < -0.4 is 70.2 Å². The van der Waals surface area contributed by atoms with Crippen molar-refractivity contribution in [3.63, 3.8) is 0 Å². The molecular weight excluding hydrogens is 989 g/mol. The van der Waals surface area contributed by atoms with Crippen LogP contribution in [0.15, 0.2) is 29.3 Å². The van der Waals surface area contributed by atoms with Gasteiger partial charge in [-0.2, -0.15) is 0 Å². The van der Waals surface area contributed by atoms with E-state index in [0.29, 0.717) is 11.3 Å². The Morgan fingerprint density at radius 1 is 0.778 bits per heavy atom. The van der Waals surface area contributed by atoms with E-state index in [4.69, 9.17) is 27.7 Å². The van der Waals surface area contributed by atoms with E-state index in [1.54, 1.807) is 24.3 Å². The van der Waals surface area contributed by atoms with Gasteiger partial charge in [0.15, 0.2) is 5.96 Å². The van der Waals surface area contributed by atoms with Crippen molar-refractivity contribution in [1.29, 1.82) is 0 Å². The van der Waals surface area contributed by atoms with Crippen molar-refractivity contribution in [2.24, 2.45) is 27.9 Å². The van der Waals surface area contributed by atoms with E-state index >= 15 is 0 Å². The molecule has 2 saturated heterocycles. The van der Waals surface area contributed by atoms with Crippen LogP contribution in [0, 0.1) is 0 Å². The van der Waals surface area contributed by atoms with Crippen LogP contribution in [0.3, 0.4) is 0 Å². The number of benzene rings is 1. The zero-order valence-corrected chi connectivity index (χ0v) is 41.3. The number of rotatable bonds is 13. The third kappa shape index (κ3) is 19.8. The maximum Gasteiger partial charge on any atom is 0.305 e. The number of hydrogen-bond acceptors (Lipinski definition) is 16. The largest absolute Gasteiger partial charge is 0.497 e. The fourth-order valence-corrected chi connectivity index (χ4v) is 9.49. The number of nitrogens with two attached hydrogens (primary N) is 4. The van der Waals surface area contributed by atoms with Crippen LogP contribution >= 0.6 is 21.6 Å². The highest BCUT2D eigenvalue weighted by atomic mass is 33.1. The highest BCUT2D eigenvalue weighted by molar-refractivity contribution is 8.76. The van der Waals surface area contributed by atoms with Gasteiger partial charge in [0.05, 0.1) is 26.5 Å². The fraction of sp³-hybridized carbons (Fsp3) is 0.548. The molecule has 72 heavy (non-hydrogen) atoms. The number of primary amides is 2. The quantitative estimate of drug-likeness (QED) is 0.0379. The highest BCUT2D eigenvalue weighted by Gasteiger charge is 2.40. The average Bonchev–Trinajstić information content (AvgIpc) is 3.81. The van der Waals surface area contributed by atoms with Gasteiger partial charge in [-0.15, -0.1) is 0 Å². The minimum atomic E-state index is -1.83. The van der Waals surface area contributed by atoms with Crippen molar-refractivity contribution in [3.05, 3.63) is 29.8 Å². The Balaban J connectivity index is 2.04. The maximum atomic E-state index is 14.1. The lowest BCUT2D eigenvalue weighted by molar-refractivity contribution is -0.143. The lowest BCUT2D eigenvalue weighted by Crippen LogP contribution is -2.59. The number of nitrogens with zero attached hydrogens (tertiary/aromatic N) is 2. The average molecular weight is 1050 g/mol. The molecule has 17 N–H and O–H groups in total. The number of methoxy groups -OCH3 is 1. The molecule has 8 atom stereocenters. The molecule has 28 nitrogen and oxygen atoms in total. The second-order valence-electron chi connectivity index (χ2n) is 16.5. The summed E-state index contributed by atoms with van der Waals surface area (Å²) in [5.74, 6) is -12.0. The van der Waals surface area contributed by atoms with Crippen LogP contribution in [0.25, 0.3) is 0 Å². The SMILES string of the molecule is COc1ccc(C[C@@H]2NC(=O)[C@@H](CC(=O)O)NC(=O)CNC(=O)[C@@H](CCCN=C(N)N)NC(=O)[C@@H]3CCCN3C(=O)[C@@H](CC(N)=O)NC(=O)[C@@H](NC(C)=O)CSSC[C@@H](C(N)=O)NC(=O)[C@H](C)NC2=O)cc1. The molecule has 2 fully saturated rings. The fourth-order valence-electron chi connectivity index (χ4n) is 7.15. The van der Waals surface area contributed by atoms with E-state index in [1.807, 2.05) is 0 Å². The molecule has 1 aromatic rings. The molecule has 0 radical (unpaired) electrons. The van der Waals surface area contributed by atoms with Gasteiger partial charge < -0.3 is 80.2 Å². The van der Waals surface area contributed by atoms with Gasteiger partial charge in [0.25, 0.3) is 0 Å². The Kier molecular flexibility index (Phi) is 23.8. The van der Waals surface area contributed by atoms with Gasteiger partial charge in [0.2, 0.25) is 65.0 Å². The summed E-state index contributed by atoms with van der Waals surface area (Å²) < 4.78 is 5.19. The number of fused-ring (bicyclic) bond motifs is 1. The van der Waals surface area contributed by atoms with Gasteiger partial charge >= 0.3 is 5.97 Å². The molecule has 30 heteroatoms. The van der Waals surface area contributed by atoms with Crippen molar-refractivity contribution >= 4 is 98.5 Å². The second kappa shape index (κ2) is 29.1. The second-order valence-corrected chi connectivity index (χ2v) is 19.0. The van der Waals surface area contributed by atoms with Gasteiger partial charge in [-0.1, -0.05) is 33.7 Å². The highest BCUT2D eigenvalue weighted by Crippen LogP contribution is 2.24. The normalized spacial score (nSPS) is 24.8. The number of aliphatic imine (C=N–C) groups is 1. The van der Waals surface area contributed by atoms with Crippen LogP contribution in [-0.2, 0) is 64.0 Å². The van der Waals surface area contributed by atoms with Gasteiger partial charge in [0.1, 0.15) is 54.1 Å². The van der Waals surface area contributed by atoms with E-state index in [1.165, 1.54) is 14.0 Å². The van der Waals surface area contributed by atoms with Gasteiger partial charge in [0, 0.05) is 37.9 Å². The Labute approximate surface area is 420 Å². The molecule has 3 rings (SSSR count). The van der Waals surface area contributed by atoms with Crippen molar-refractivity contribution < 1.29 is 67.4 Å². The number of guanidine groups is 1. The Morgan fingerprint density at radius 2 is 1.42 bits per heavy atom. The molecule has 0 spiro atoms. The van der Waals surface area contributed by atoms with E-state index in [9.17, 15) is 62.6 Å². The van der Waals surface area contributed by atoms with Crippen LogP contribution in [0.1, 0.15) is 57.9 Å². The van der Waals surface area contributed by atoms with Crippen LogP contribution in [0.2, 0.25) is 0 Å². The van der Waals surface area contributed by atoms with Crippen LogP contribution in [0.4, 0.5) is 0 Å². The monoisotopic (exact) mass is 1050 g/mol. The number of amides is 11. The molecule has 0 saturated carbocycles. The summed E-state index contributed by atoms with van der Waals surface area (Å²) in [6.45, 7) is 1.50. The van der Waals surface area contributed by atoms with Gasteiger partial charge in [-0.25, -0.2) is 0 Å². The summed E-state index contributed by atoms with van der Waals surface area (Å²) in [5, 5.41) is 29.0. The molecule has 0 unspecified atom stereocenters. The third-order valence-electron chi connectivity index (χ3n) is 10.8. The number of carboxylic acids is 1. The number of nitrogens with one attached hydrogen (secondary N) is 8. The van der Waals surface area contributed by atoms with Crippen LogP contribution in [-0.4, -0.2) is 173 Å². The molecule has 2 heterocycles. The first-order chi connectivity index (χ1) is 34.0. The minimum Gasteiger partial charge on any atom is -0.497 e. The molecule has 0 aromatic heterocycles. The lowest BCUT2D eigenvalue weighted by atomic mass is 10.0. The minimum absolute atomic E-state index is 0.00510. The molecule has 0 bridgehead atoms. The Morgan fingerprint density at radius 3 is 2.03 bits per heavy atom. The Hall–Kier alpha value is -7.37.